The van der Waals surface area contributed by atoms with Crippen LogP contribution in [0.2, 0.25) is 0 Å². The maximum atomic E-state index is 12.5. The van der Waals surface area contributed by atoms with Crippen molar-refractivity contribution in [3.8, 4) is 0 Å². The van der Waals surface area contributed by atoms with Crippen molar-refractivity contribution in [2.24, 2.45) is 11.8 Å². The number of rotatable bonds is 5. The molecule has 1 atom stereocenters. The normalized spacial score (nSPS) is 26.6. The lowest BCUT2D eigenvalue weighted by Crippen LogP contribution is -2.28. The Morgan fingerprint density at radius 2 is 2.16 bits per heavy atom. The Morgan fingerprint density at radius 3 is 2.88 bits per heavy atom. The number of aromatic nitrogens is 6. The van der Waals surface area contributed by atoms with Crippen LogP contribution >= 0.6 is 11.3 Å². The molecule has 2 fully saturated rings. The van der Waals surface area contributed by atoms with E-state index in [-0.39, 0.29) is 17.9 Å². The van der Waals surface area contributed by atoms with Crippen molar-refractivity contribution in [1.82, 2.24) is 30.4 Å². The molecule has 1 saturated heterocycles. The van der Waals surface area contributed by atoms with Crippen molar-refractivity contribution in [3.05, 3.63) is 11.3 Å². The molecule has 1 amide bonds. The fourth-order valence-electron chi connectivity index (χ4n) is 3.53. The molecule has 4 rings (SSSR count). The van der Waals surface area contributed by atoms with E-state index in [0.29, 0.717) is 11.0 Å². The molecule has 3 heterocycles. The molecule has 1 aliphatic carbocycles. The summed E-state index contributed by atoms with van der Waals surface area (Å²) in [5, 5.41) is 23.8. The first-order chi connectivity index (χ1) is 12.3. The van der Waals surface area contributed by atoms with Gasteiger partial charge in [-0.15, -0.1) is 15.3 Å². The average molecular weight is 363 g/mol. The standard InChI is InChI=1S/C15H21N7O2S/c23-13(17-15-19-18-14(25-15)12-2-1-7-24-12)11-5-3-10(4-6-11)8-22-9-16-20-21-22/h9-12H,1-8H2,(H,17,19,23)/t10?,11?,12-/m0/s1. The van der Waals surface area contributed by atoms with Gasteiger partial charge in [0.1, 0.15) is 17.4 Å². The molecule has 25 heavy (non-hydrogen) atoms. The zero-order chi connectivity index (χ0) is 17.1. The number of carbonyl (C=O) groups excluding carboxylic acids is 1. The number of ether oxygens (including phenoxy) is 1. The molecule has 1 N–H and O–H groups in total. The van der Waals surface area contributed by atoms with Crippen molar-refractivity contribution >= 4 is 22.4 Å². The summed E-state index contributed by atoms with van der Waals surface area (Å²) in [6.07, 6.45) is 7.51. The van der Waals surface area contributed by atoms with Gasteiger partial charge in [-0.1, -0.05) is 11.3 Å². The van der Waals surface area contributed by atoms with Crippen LogP contribution < -0.4 is 5.32 Å². The van der Waals surface area contributed by atoms with Crippen molar-refractivity contribution in [2.45, 2.75) is 51.2 Å². The number of tetrazole rings is 1. The van der Waals surface area contributed by atoms with Crippen LogP contribution in [0.3, 0.4) is 0 Å². The molecule has 0 radical (unpaired) electrons. The van der Waals surface area contributed by atoms with Crippen LogP contribution in [0, 0.1) is 11.8 Å². The third-order valence-corrected chi connectivity index (χ3v) is 5.86. The maximum absolute atomic E-state index is 12.5. The Balaban J connectivity index is 1.26. The third kappa shape index (κ3) is 4.01. The second-order valence-electron chi connectivity index (χ2n) is 6.69. The van der Waals surface area contributed by atoms with Gasteiger partial charge in [0.2, 0.25) is 11.0 Å². The van der Waals surface area contributed by atoms with Crippen molar-refractivity contribution in [2.75, 3.05) is 11.9 Å². The summed E-state index contributed by atoms with van der Waals surface area (Å²) >= 11 is 1.42. The Hall–Kier alpha value is -1.94. The van der Waals surface area contributed by atoms with Crippen molar-refractivity contribution in [3.63, 3.8) is 0 Å². The van der Waals surface area contributed by atoms with E-state index in [1.54, 1.807) is 11.0 Å². The lowest BCUT2D eigenvalue weighted by molar-refractivity contribution is -0.121. The van der Waals surface area contributed by atoms with Gasteiger partial charge < -0.3 is 10.1 Å². The van der Waals surface area contributed by atoms with Gasteiger partial charge in [-0.2, -0.15) is 0 Å². The largest absolute Gasteiger partial charge is 0.371 e. The Kier molecular flexibility index (Phi) is 4.97. The van der Waals surface area contributed by atoms with Gasteiger partial charge in [-0.25, -0.2) is 4.68 Å². The predicted molar refractivity (Wildman–Crippen MR) is 89.7 cm³/mol. The van der Waals surface area contributed by atoms with E-state index in [0.717, 1.165) is 56.7 Å². The van der Waals surface area contributed by atoms with Crippen LogP contribution in [-0.4, -0.2) is 42.9 Å². The summed E-state index contributed by atoms with van der Waals surface area (Å²) in [5.41, 5.74) is 0. The second-order valence-corrected chi connectivity index (χ2v) is 7.69. The lowest BCUT2D eigenvalue weighted by Gasteiger charge is -2.27. The van der Waals surface area contributed by atoms with Gasteiger partial charge in [0.15, 0.2) is 0 Å². The molecule has 2 aliphatic rings. The molecule has 134 valence electrons. The molecule has 1 aliphatic heterocycles. The Labute approximate surface area is 149 Å². The predicted octanol–water partition coefficient (Wildman–Crippen LogP) is 1.82. The number of hydrogen-bond acceptors (Lipinski definition) is 8. The monoisotopic (exact) mass is 363 g/mol. The zero-order valence-electron chi connectivity index (χ0n) is 13.9. The lowest BCUT2D eigenvalue weighted by atomic mass is 9.81. The van der Waals surface area contributed by atoms with Crippen LogP contribution in [0.1, 0.15) is 49.6 Å². The van der Waals surface area contributed by atoms with Crippen molar-refractivity contribution in [1.29, 1.82) is 0 Å². The van der Waals surface area contributed by atoms with Gasteiger partial charge in [0.05, 0.1) is 0 Å². The first-order valence-corrected chi connectivity index (χ1v) is 9.56. The molecule has 2 aromatic rings. The molecule has 0 bridgehead atoms. The quantitative estimate of drug-likeness (QED) is 0.863. The number of nitrogens with zero attached hydrogens (tertiary/aromatic N) is 6. The number of anilines is 1. The molecule has 2 aromatic heterocycles. The topological polar surface area (TPSA) is 108 Å². The summed E-state index contributed by atoms with van der Waals surface area (Å²) < 4.78 is 7.37. The molecule has 0 spiro atoms. The van der Waals surface area contributed by atoms with E-state index < -0.39 is 0 Å². The van der Waals surface area contributed by atoms with Gasteiger partial charge >= 0.3 is 0 Å². The molecular weight excluding hydrogens is 342 g/mol. The van der Waals surface area contributed by atoms with Crippen LogP contribution in [0.5, 0.6) is 0 Å². The van der Waals surface area contributed by atoms with Gasteiger partial charge in [-0.3, -0.25) is 4.79 Å². The summed E-state index contributed by atoms with van der Waals surface area (Å²) in [4.78, 5) is 12.5. The minimum Gasteiger partial charge on any atom is -0.371 e. The third-order valence-electron chi connectivity index (χ3n) is 4.93. The van der Waals surface area contributed by atoms with Gasteiger partial charge in [-0.05, 0) is 54.9 Å². The van der Waals surface area contributed by atoms with Crippen LogP contribution in [-0.2, 0) is 16.1 Å². The average Bonchev–Trinajstić information content (AvgIpc) is 3.38. The first kappa shape index (κ1) is 16.5. The van der Waals surface area contributed by atoms with E-state index in [1.165, 1.54) is 11.3 Å². The summed E-state index contributed by atoms with van der Waals surface area (Å²) in [7, 11) is 0. The van der Waals surface area contributed by atoms with E-state index in [2.05, 4.69) is 31.0 Å². The maximum Gasteiger partial charge on any atom is 0.229 e. The number of carbonyl (C=O) groups is 1. The smallest absolute Gasteiger partial charge is 0.229 e. The summed E-state index contributed by atoms with van der Waals surface area (Å²) in [6.45, 7) is 1.60. The van der Waals surface area contributed by atoms with Crippen molar-refractivity contribution < 1.29 is 9.53 Å². The SMILES string of the molecule is O=C(Nc1nnc([C@@H]2CCCO2)s1)C1CCC(Cn2cnnn2)CC1. The van der Waals surface area contributed by atoms with Crippen LogP contribution in [0.15, 0.2) is 6.33 Å². The summed E-state index contributed by atoms with van der Waals surface area (Å²) in [6, 6.07) is 0. The van der Waals surface area contributed by atoms with E-state index in [1.807, 2.05) is 0 Å². The second kappa shape index (κ2) is 7.52. The highest BCUT2D eigenvalue weighted by Gasteiger charge is 2.28. The molecule has 9 nitrogen and oxygen atoms in total. The van der Waals surface area contributed by atoms with E-state index in [4.69, 9.17) is 4.74 Å². The fourth-order valence-corrected chi connectivity index (χ4v) is 4.36. The minimum absolute atomic E-state index is 0.0419. The summed E-state index contributed by atoms with van der Waals surface area (Å²) in [5.74, 6) is 0.622. The highest BCUT2D eigenvalue weighted by Crippen LogP contribution is 2.33. The Morgan fingerprint density at radius 1 is 1.28 bits per heavy atom. The molecule has 1 saturated carbocycles. The highest BCUT2D eigenvalue weighted by molar-refractivity contribution is 7.15. The molecular formula is C15H21N7O2S. The number of hydrogen-bond donors (Lipinski definition) is 1. The van der Waals surface area contributed by atoms with E-state index in [9.17, 15) is 4.79 Å². The number of amides is 1. The molecule has 10 heteroatoms. The van der Waals surface area contributed by atoms with Gasteiger partial charge in [0, 0.05) is 19.1 Å². The van der Waals surface area contributed by atoms with E-state index >= 15 is 0 Å². The zero-order valence-corrected chi connectivity index (χ0v) is 14.7. The fraction of sp³-hybridized carbons (Fsp3) is 0.733. The number of nitrogens with one attached hydrogen (secondary N) is 1. The highest BCUT2D eigenvalue weighted by atomic mass is 32.1. The van der Waals surface area contributed by atoms with Gasteiger partial charge in [0.25, 0.3) is 0 Å². The Bertz CT molecular complexity index is 691. The van der Waals surface area contributed by atoms with Crippen LogP contribution in [0.4, 0.5) is 5.13 Å². The van der Waals surface area contributed by atoms with Crippen LogP contribution in [0.25, 0.3) is 0 Å². The minimum atomic E-state index is 0.0419. The molecule has 0 aromatic carbocycles. The molecule has 0 unspecified atom stereocenters. The first-order valence-electron chi connectivity index (χ1n) is 8.74.